The number of amides is 1. The number of hydrogen-bond donors (Lipinski definition) is 1. The standard InChI is InChI=1S/C13H16N2O6S2/c1-10(16)14-12-6-4-5-11(9-12)13(17)7-8-15(22(2,18)19)23(3,20)21/h4-9H,1-3H3,(H,14,16). The van der Waals surface area contributed by atoms with Gasteiger partial charge in [0.1, 0.15) is 0 Å². The summed E-state index contributed by atoms with van der Waals surface area (Å²) in [5.74, 6) is -0.931. The molecule has 1 aromatic rings. The van der Waals surface area contributed by atoms with Gasteiger partial charge in [0, 0.05) is 30.5 Å². The molecule has 23 heavy (non-hydrogen) atoms. The molecular formula is C13H16N2O6S2. The Bertz CT molecular complexity index is 824. The summed E-state index contributed by atoms with van der Waals surface area (Å²) >= 11 is 0. The van der Waals surface area contributed by atoms with E-state index >= 15 is 0 Å². The van der Waals surface area contributed by atoms with Crippen LogP contribution in [-0.4, -0.2) is 44.7 Å². The van der Waals surface area contributed by atoms with Gasteiger partial charge in [-0.15, -0.1) is 0 Å². The van der Waals surface area contributed by atoms with Crippen LogP contribution in [0, 0.1) is 0 Å². The first-order chi connectivity index (χ1) is 10.4. The number of ketones is 1. The summed E-state index contributed by atoms with van der Waals surface area (Å²) in [6.07, 6.45) is 2.92. The van der Waals surface area contributed by atoms with Crippen molar-refractivity contribution in [1.82, 2.24) is 3.71 Å². The van der Waals surface area contributed by atoms with Gasteiger partial charge in [-0.2, -0.15) is 3.71 Å². The van der Waals surface area contributed by atoms with Crippen molar-refractivity contribution in [3.05, 3.63) is 42.1 Å². The number of benzene rings is 1. The van der Waals surface area contributed by atoms with Gasteiger partial charge in [0.15, 0.2) is 5.78 Å². The molecule has 10 heteroatoms. The highest BCUT2D eigenvalue weighted by atomic mass is 32.3. The minimum absolute atomic E-state index is 0.107. The van der Waals surface area contributed by atoms with Crippen LogP contribution >= 0.6 is 0 Å². The molecule has 126 valence electrons. The highest BCUT2D eigenvalue weighted by Crippen LogP contribution is 2.13. The lowest BCUT2D eigenvalue weighted by atomic mass is 10.1. The first-order valence-corrected chi connectivity index (χ1v) is 9.90. The van der Waals surface area contributed by atoms with Crippen LogP contribution < -0.4 is 5.32 Å². The van der Waals surface area contributed by atoms with Crippen molar-refractivity contribution in [2.75, 3.05) is 17.8 Å². The maximum Gasteiger partial charge on any atom is 0.244 e. The van der Waals surface area contributed by atoms with Gasteiger partial charge in [-0.1, -0.05) is 12.1 Å². The summed E-state index contributed by atoms with van der Waals surface area (Å²) in [5, 5.41) is 2.50. The topological polar surface area (TPSA) is 118 Å². The molecular weight excluding hydrogens is 344 g/mol. The predicted molar refractivity (Wildman–Crippen MR) is 85.7 cm³/mol. The van der Waals surface area contributed by atoms with Crippen LogP contribution in [0.4, 0.5) is 5.69 Å². The van der Waals surface area contributed by atoms with Gasteiger partial charge in [0.25, 0.3) is 0 Å². The van der Waals surface area contributed by atoms with Crippen LogP contribution in [0.5, 0.6) is 0 Å². The zero-order valence-corrected chi connectivity index (χ0v) is 14.3. The second kappa shape index (κ2) is 6.92. The molecule has 0 spiro atoms. The highest BCUT2D eigenvalue weighted by molar-refractivity contribution is 8.03. The molecule has 0 radical (unpaired) electrons. The van der Waals surface area contributed by atoms with Crippen molar-refractivity contribution < 1.29 is 26.4 Å². The number of hydrogen-bond acceptors (Lipinski definition) is 6. The van der Waals surface area contributed by atoms with E-state index < -0.39 is 25.8 Å². The molecule has 0 aliphatic rings. The van der Waals surface area contributed by atoms with E-state index in [1.807, 2.05) is 0 Å². The molecule has 0 aliphatic carbocycles. The van der Waals surface area contributed by atoms with E-state index in [2.05, 4.69) is 5.32 Å². The average Bonchev–Trinajstić information content (AvgIpc) is 2.34. The average molecular weight is 360 g/mol. The third-order valence-electron chi connectivity index (χ3n) is 2.47. The molecule has 0 bridgehead atoms. The van der Waals surface area contributed by atoms with E-state index in [0.29, 0.717) is 24.4 Å². The number of carbonyl (C=O) groups is 2. The van der Waals surface area contributed by atoms with Crippen LogP contribution in [0.2, 0.25) is 0 Å². The van der Waals surface area contributed by atoms with E-state index in [1.165, 1.54) is 25.1 Å². The lowest BCUT2D eigenvalue weighted by Crippen LogP contribution is -2.30. The molecule has 0 fully saturated rings. The van der Waals surface area contributed by atoms with Crippen molar-refractivity contribution in [3.63, 3.8) is 0 Å². The molecule has 0 heterocycles. The van der Waals surface area contributed by atoms with E-state index in [9.17, 15) is 26.4 Å². The Hall–Kier alpha value is -2.20. The lowest BCUT2D eigenvalue weighted by Gasteiger charge is -2.14. The minimum atomic E-state index is -4.08. The Balaban J connectivity index is 3.09. The molecule has 0 saturated heterocycles. The quantitative estimate of drug-likeness (QED) is 0.585. The number of rotatable bonds is 6. The third kappa shape index (κ3) is 5.83. The number of nitrogens with one attached hydrogen (secondary N) is 1. The molecule has 0 unspecified atom stereocenters. The number of nitrogens with zero attached hydrogens (tertiary/aromatic N) is 1. The number of sulfonamides is 2. The first-order valence-electron chi connectivity index (χ1n) is 6.21. The number of anilines is 1. The van der Waals surface area contributed by atoms with Crippen LogP contribution in [0.15, 0.2) is 36.5 Å². The highest BCUT2D eigenvalue weighted by Gasteiger charge is 2.22. The fourth-order valence-electron chi connectivity index (χ4n) is 1.65. The Morgan fingerprint density at radius 3 is 2.13 bits per heavy atom. The largest absolute Gasteiger partial charge is 0.326 e. The molecule has 0 aromatic heterocycles. The minimum Gasteiger partial charge on any atom is -0.326 e. The van der Waals surface area contributed by atoms with Gasteiger partial charge < -0.3 is 5.32 Å². The van der Waals surface area contributed by atoms with Crippen molar-refractivity contribution in [1.29, 1.82) is 0 Å². The van der Waals surface area contributed by atoms with Gasteiger partial charge in [0.2, 0.25) is 26.0 Å². The second-order valence-electron chi connectivity index (χ2n) is 4.69. The summed E-state index contributed by atoms with van der Waals surface area (Å²) < 4.78 is 45.9. The summed E-state index contributed by atoms with van der Waals surface area (Å²) in [4.78, 5) is 23.0. The maximum atomic E-state index is 12.0. The monoisotopic (exact) mass is 360 g/mol. The summed E-state index contributed by atoms with van der Waals surface area (Å²) in [6, 6.07) is 5.93. The Morgan fingerprint density at radius 1 is 1.09 bits per heavy atom. The van der Waals surface area contributed by atoms with Gasteiger partial charge in [-0.3, -0.25) is 9.59 Å². The normalized spacial score (nSPS) is 12.1. The number of carbonyl (C=O) groups excluding carboxylic acids is 2. The lowest BCUT2D eigenvalue weighted by molar-refractivity contribution is -0.114. The first kappa shape index (κ1) is 18.8. The van der Waals surface area contributed by atoms with Gasteiger partial charge in [0.05, 0.1) is 12.5 Å². The fourth-order valence-corrected chi connectivity index (χ4v) is 4.18. The van der Waals surface area contributed by atoms with Crippen molar-refractivity contribution in [2.24, 2.45) is 0 Å². The molecule has 8 nitrogen and oxygen atoms in total. The number of allylic oxidation sites excluding steroid dienone is 1. The van der Waals surface area contributed by atoms with E-state index in [4.69, 9.17) is 0 Å². The van der Waals surface area contributed by atoms with Crippen LogP contribution in [0.25, 0.3) is 0 Å². The van der Waals surface area contributed by atoms with E-state index in [1.54, 1.807) is 6.07 Å². The van der Waals surface area contributed by atoms with E-state index in [-0.39, 0.29) is 15.2 Å². The van der Waals surface area contributed by atoms with Gasteiger partial charge >= 0.3 is 0 Å². The smallest absolute Gasteiger partial charge is 0.244 e. The molecule has 1 N–H and O–H groups in total. The molecule has 1 aromatic carbocycles. The molecule has 0 aliphatic heterocycles. The van der Waals surface area contributed by atoms with Crippen LogP contribution in [-0.2, 0) is 24.8 Å². The Morgan fingerprint density at radius 2 is 1.65 bits per heavy atom. The summed E-state index contributed by atoms with van der Waals surface area (Å²) in [7, 11) is -8.15. The summed E-state index contributed by atoms with van der Waals surface area (Å²) in [6.45, 7) is 1.31. The SMILES string of the molecule is CC(=O)Nc1cccc(C(=O)C=CN(S(C)(=O)=O)S(C)(=O)=O)c1. The predicted octanol–water partition coefficient (Wildman–Crippen LogP) is 0.563. The molecule has 0 saturated carbocycles. The van der Waals surface area contributed by atoms with Gasteiger partial charge in [-0.25, -0.2) is 16.8 Å². The van der Waals surface area contributed by atoms with Gasteiger partial charge in [-0.05, 0) is 12.1 Å². The van der Waals surface area contributed by atoms with Crippen molar-refractivity contribution in [3.8, 4) is 0 Å². The maximum absolute atomic E-state index is 12.0. The van der Waals surface area contributed by atoms with Crippen LogP contribution in [0.1, 0.15) is 17.3 Å². The van der Waals surface area contributed by atoms with Crippen molar-refractivity contribution >= 4 is 37.4 Å². The molecule has 1 amide bonds. The zero-order valence-electron chi connectivity index (χ0n) is 12.7. The molecule has 1 rings (SSSR count). The van der Waals surface area contributed by atoms with Crippen LogP contribution in [0.3, 0.4) is 0 Å². The Kier molecular flexibility index (Phi) is 5.67. The van der Waals surface area contributed by atoms with E-state index in [0.717, 1.165) is 6.08 Å². The zero-order chi connectivity index (χ0) is 17.8. The second-order valence-corrected chi connectivity index (χ2v) is 8.64. The summed E-state index contributed by atoms with van der Waals surface area (Å²) in [5.41, 5.74) is 0.550. The van der Waals surface area contributed by atoms with Crippen molar-refractivity contribution in [2.45, 2.75) is 6.92 Å². The molecule has 0 atom stereocenters. The fraction of sp³-hybridized carbons (Fsp3) is 0.231. The third-order valence-corrected chi connectivity index (χ3v) is 5.64. The Labute approximate surface area is 134 Å².